The van der Waals surface area contributed by atoms with Gasteiger partial charge >= 0.3 is 5.97 Å². The van der Waals surface area contributed by atoms with Crippen LogP contribution in [0.5, 0.6) is 0 Å². The number of methoxy groups -OCH3 is 2. The highest BCUT2D eigenvalue weighted by Gasteiger charge is 2.67. The second-order valence-corrected chi connectivity index (χ2v) is 5.53. The molecule has 1 amide bonds. The number of carbonyl (C=O) groups excluding carboxylic acids is 2. The first-order chi connectivity index (χ1) is 9.63. The summed E-state index contributed by atoms with van der Waals surface area (Å²) in [5.74, 6) is -1.32. The van der Waals surface area contributed by atoms with E-state index in [2.05, 4.69) is 0 Å². The Balaban J connectivity index is 1.79. The van der Waals surface area contributed by atoms with E-state index in [1.807, 2.05) is 12.2 Å². The molecule has 3 aliphatic heterocycles. The van der Waals surface area contributed by atoms with Crippen LogP contribution in [0.2, 0.25) is 0 Å². The third kappa shape index (κ3) is 1.78. The zero-order chi connectivity index (χ0) is 14.3. The van der Waals surface area contributed by atoms with Crippen molar-refractivity contribution in [1.29, 1.82) is 0 Å². The highest BCUT2D eigenvalue weighted by atomic mass is 16.5. The van der Waals surface area contributed by atoms with Crippen LogP contribution in [-0.4, -0.2) is 62.4 Å². The summed E-state index contributed by atoms with van der Waals surface area (Å²) in [7, 11) is 2.99. The first-order valence-electron chi connectivity index (χ1n) is 6.86. The molecule has 0 radical (unpaired) electrons. The molecule has 2 saturated heterocycles. The molecule has 110 valence electrons. The molecular formula is C14H19NO5. The van der Waals surface area contributed by atoms with E-state index in [1.54, 1.807) is 12.0 Å². The number of carbonyl (C=O) groups is 2. The van der Waals surface area contributed by atoms with Gasteiger partial charge in [-0.05, 0) is 6.42 Å². The Morgan fingerprint density at radius 2 is 2.35 bits per heavy atom. The zero-order valence-corrected chi connectivity index (χ0v) is 11.7. The first-order valence-corrected chi connectivity index (χ1v) is 6.86. The predicted octanol–water partition coefficient (Wildman–Crippen LogP) is -0.0221. The standard InChI is InChI=1S/C14H19NO5/c1-18-7-3-6-15-8-14-5-4-9(20-14)10(13(17)19-2)11(14)12(15)16/h4-5,9-11H,3,6-8H2,1-2H3/t9-,10+,11-,14-/m1/s1. The summed E-state index contributed by atoms with van der Waals surface area (Å²) in [5.41, 5.74) is -0.631. The van der Waals surface area contributed by atoms with Gasteiger partial charge in [-0.1, -0.05) is 12.2 Å². The lowest BCUT2D eigenvalue weighted by Crippen LogP contribution is -2.39. The largest absolute Gasteiger partial charge is 0.469 e. The van der Waals surface area contributed by atoms with Gasteiger partial charge in [0.05, 0.1) is 25.7 Å². The van der Waals surface area contributed by atoms with E-state index >= 15 is 0 Å². The molecule has 6 nitrogen and oxygen atoms in total. The van der Waals surface area contributed by atoms with Gasteiger partial charge in [-0.15, -0.1) is 0 Å². The molecule has 1 spiro atoms. The predicted molar refractivity (Wildman–Crippen MR) is 68.8 cm³/mol. The van der Waals surface area contributed by atoms with Gasteiger partial charge in [0.1, 0.15) is 11.5 Å². The van der Waals surface area contributed by atoms with Gasteiger partial charge in [-0.25, -0.2) is 0 Å². The number of ether oxygens (including phenoxy) is 3. The smallest absolute Gasteiger partial charge is 0.312 e. The van der Waals surface area contributed by atoms with Gasteiger partial charge in [-0.2, -0.15) is 0 Å². The van der Waals surface area contributed by atoms with Crippen molar-refractivity contribution < 1.29 is 23.8 Å². The van der Waals surface area contributed by atoms with Crippen LogP contribution in [0.1, 0.15) is 6.42 Å². The Morgan fingerprint density at radius 1 is 1.55 bits per heavy atom. The second kappa shape index (κ2) is 4.86. The van der Waals surface area contributed by atoms with Crippen LogP contribution >= 0.6 is 0 Å². The SMILES string of the molecule is COCCCN1C[C@@]23C=C[C@@H](O2)[C@H](C(=O)OC)[C@@H]3C1=O. The summed E-state index contributed by atoms with van der Waals surface area (Å²) in [4.78, 5) is 26.3. The molecule has 3 rings (SSSR count). The summed E-state index contributed by atoms with van der Waals surface area (Å²) in [6, 6.07) is 0. The maximum absolute atomic E-state index is 12.6. The van der Waals surface area contributed by atoms with Crippen molar-refractivity contribution in [2.24, 2.45) is 11.8 Å². The molecule has 2 fully saturated rings. The Kier molecular flexibility index (Phi) is 3.30. The Hall–Kier alpha value is -1.40. The van der Waals surface area contributed by atoms with Crippen LogP contribution in [0.25, 0.3) is 0 Å². The number of nitrogens with zero attached hydrogens (tertiary/aromatic N) is 1. The average molecular weight is 281 g/mol. The Bertz CT molecular complexity index is 462. The minimum atomic E-state index is -0.631. The number of likely N-dealkylation sites (tertiary alicyclic amines) is 1. The maximum Gasteiger partial charge on any atom is 0.312 e. The molecule has 6 heteroatoms. The highest BCUT2D eigenvalue weighted by molar-refractivity contribution is 5.91. The molecule has 0 aromatic rings. The molecule has 20 heavy (non-hydrogen) atoms. The molecule has 0 unspecified atom stereocenters. The van der Waals surface area contributed by atoms with Gasteiger partial charge < -0.3 is 19.1 Å². The molecule has 3 heterocycles. The van der Waals surface area contributed by atoms with Crippen LogP contribution in [0.4, 0.5) is 0 Å². The number of hydrogen-bond donors (Lipinski definition) is 0. The number of amides is 1. The normalized spacial score (nSPS) is 37.6. The molecule has 0 aromatic carbocycles. The lowest BCUT2D eigenvalue weighted by molar-refractivity contribution is -0.151. The van der Waals surface area contributed by atoms with E-state index in [9.17, 15) is 9.59 Å². The van der Waals surface area contributed by atoms with E-state index in [4.69, 9.17) is 14.2 Å². The summed E-state index contributed by atoms with van der Waals surface area (Å²) in [6.45, 7) is 1.75. The van der Waals surface area contributed by atoms with Gasteiger partial charge in [0.15, 0.2) is 0 Å². The molecule has 0 aliphatic carbocycles. The molecular weight excluding hydrogens is 262 g/mol. The molecule has 0 aromatic heterocycles. The quantitative estimate of drug-likeness (QED) is 0.402. The van der Waals surface area contributed by atoms with Crippen molar-refractivity contribution in [3.05, 3.63) is 12.2 Å². The van der Waals surface area contributed by atoms with Gasteiger partial charge in [0, 0.05) is 20.3 Å². The van der Waals surface area contributed by atoms with Crippen LogP contribution in [0.15, 0.2) is 12.2 Å². The van der Waals surface area contributed by atoms with Crippen molar-refractivity contribution in [3.8, 4) is 0 Å². The number of fused-ring (bicyclic) bond motifs is 1. The lowest BCUT2D eigenvalue weighted by atomic mass is 9.77. The van der Waals surface area contributed by atoms with Crippen molar-refractivity contribution in [3.63, 3.8) is 0 Å². The topological polar surface area (TPSA) is 65.1 Å². The van der Waals surface area contributed by atoms with E-state index in [1.165, 1.54) is 7.11 Å². The number of hydrogen-bond acceptors (Lipinski definition) is 5. The van der Waals surface area contributed by atoms with Gasteiger partial charge in [0.2, 0.25) is 5.91 Å². The van der Waals surface area contributed by atoms with Crippen molar-refractivity contribution in [1.82, 2.24) is 4.90 Å². The Labute approximate surface area is 117 Å². The molecule has 2 bridgehead atoms. The molecule has 4 atom stereocenters. The summed E-state index contributed by atoms with van der Waals surface area (Å²) >= 11 is 0. The monoisotopic (exact) mass is 281 g/mol. The van der Waals surface area contributed by atoms with E-state index in [0.717, 1.165) is 6.42 Å². The third-order valence-electron chi connectivity index (χ3n) is 4.43. The van der Waals surface area contributed by atoms with Gasteiger partial charge in [-0.3, -0.25) is 9.59 Å². The molecule has 3 aliphatic rings. The Morgan fingerprint density at radius 3 is 3.05 bits per heavy atom. The van der Waals surface area contributed by atoms with Crippen LogP contribution in [0.3, 0.4) is 0 Å². The number of esters is 1. The van der Waals surface area contributed by atoms with Crippen LogP contribution in [0, 0.1) is 11.8 Å². The summed E-state index contributed by atoms with van der Waals surface area (Å²) in [5, 5.41) is 0. The van der Waals surface area contributed by atoms with Crippen LogP contribution in [-0.2, 0) is 23.8 Å². The maximum atomic E-state index is 12.6. The third-order valence-corrected chi connectivity index (χ3v) is 4.43. The first kappa shape index (κ1) is 13.6. The number of rotatable bonds is 5. The van der Waals surface area contributed by atoms with E-state index in [-0.39, 0.29) is 18.0 Å². The average Bonchev–Trinajstić information content (AvgIpc) is 3.07. The minimum absolute atomic E-state index is 0.0108. The van der Waals surface area contributed by atoms with Crippen molar-refractivity contribution in [2.75, 3.05) is 33.9 Å². The minimum Gasteiger partial charge on any atom is -0.469 e. The van der Waals surface area contributed by atoms with Gasteiger partial charge in [0.25, 0.3) is 0 Å². The van der Waals surface area contributed by atoms with E-state index in [0.29, 0.717) is 19.7 Å². The van der Waals surface area contributed by atoms with Crippen LogP contribution < -0.4 is 0 Å². The van der Waals surface area contributed by atoms with Crippen molar-refractivity contribution in [2.45, 2.75) is 18.1 Å². The summed E-state index contributed by atoms with van der Waals surface area (Å²) < 4.78 is 15.8. The lowest BCUT2D eigenvalue weighted by Gasteiger charge is -2.22. The molecule has 0 saturated carbocycles. The zero-order valence-electron chi connectivity index (χ0n) is 11.7. The fraction of sp³-hybridized carbons (Fsp3) is 0.714. The fourth-order valence-corrected chi connectivity index (χ4v) is 3.57. The van der Waals surface area contributed by atoms with E-state index < -0.39 is 17.4 Å². The van der Waals surface area contributed by atoms with Crippen molar-refractivity contribution >= 4 is 11.9 Å². The summed E-state index contributed by atoms with van der Waals surface area (Å²) in [6.07, 6.45) is 4.28. The second-order valence-electron chi connectivity index (χ2n) is 5.53. The highest BCUT2D eigenvalue weighted by Crippen LogP contribution is 2.52. The fourth-order valence-electron chi connectivity index (χ4n) is 3.57. The molecule has 0 N–H and O–H groups in total.